The monoisotopic (exact) mass is 214 g/mol. The van der Waals surface area contributed by atoms with Crippen LogP contribution in [-0.4, -0.2) is 30.6 Å². The van der Waals surface area contributed by atoms with E-state index in [1.54, 1.807) is 0 Å². The molecule has 0 saturated carbocycles. The van der Waals surface area contributed by atoms with Crippen molar-refractivity contribution < 1.29 is 23.0 Å². The number of halogens is 3. The van der Waals surface area contributed by atoms with Gasteiger partial charge in [0.25, 0.3) is 0 Å². The third-order valence-electron chi connectivity index (χ3n) is 2.09. The Bertz CT molecular complexity index is 143. The first-order valence-electron chi connectivity index (χ1n) is 4.68. The van der Waals surface area contributed by atoms with Gasteiger partial charge in [0, 0.05) is 13.5 Å². The zero-order valence-electron chi connectivity index (χ0n) is 8.47. The normalized spacial score (nSPS) is 16.7. The highest BCUT2D eigenvalue weighted by Gasteiger charge is 2.27. The molecular weight excluding hydrogens is 197 g/mol. The fourth-order valence-electron chi connectivity index (χ4n) is 1.29. The van der Waals surface area contributed by atoms with Crippen LogP contribution < -0.4 is 0 Å². The minimum Gasteiger partial charge on any atom is -0.390 e. The molecule has 0 amide bonds. The van der Waals surface area contributed by atoms with Crippen LogP contribution in [-0.2, 0) is 4.74 Å². The van der Waals surface area contributed by atoms with Crippen LogP contribution in [0.25, 0.3) is 0 Å². The van der Waals surface area contributed by atoms with Gasteiger partial charge in [-0.15, -0.1) is 0 Å². The molecular formula is C9H17F3O2. The smallest absolute Gasteiger partial charge is 0.389 e. The Morgan fingerprint density at radius 2 is 1.93 bits per heavy atom. The molecule has 86 valence electrons. The van der Waals surface area contributed by atoms with Crippen molar-refractivity contribution >= 4 is 0 Å². The highest BCUT2D eigenvalue weighted by atomic mass is 19.4. The van der Waals surface area contributed by atoms with Gasteiger partial charge in [-0.2, -0.15) is 13.2 Å². The minimum atomic E-state index is -4.13. The van der Waals surface area contributed by atoms with Crippen molar-refractivity contribution in [3.63, 3.8) is 0 Å². The fourth-order valence-corrected chi connectivity index (χ4v) is 1.29. The lowest BCUT2D eigenvalue weighted by Crippen LogP contribution is -2.27. The third kappa shape index (κ3) is 6.21. The third-order valence-corrected chi connectivity index (χ3v) is 2.09. The molecule has 0 aromatic carbocycles. The topological polar surface area (TPSA) is 29.5 Å². The molecule has 0 aromatic rings. The highest BCUT2D eigenvalue weighted by Crippen LogP contribution is 2.23. The second-order valence-electron chi connectivity index (χ2n) is 3.26. The maximum absolute atomic E-state index is 11.8. The van der Waals surface area contributed by atoms with Gasteiger partial charge in [0.1, 0.15) is 0 Å². The molecule has 2 atom stereocenters. The Balaban J connectivity index is 3.67. The average Bonchev–Trinajstić information content (AvgIpc) is 2.04. The largest absolute Gasteiger partial charge is 0.390 e. The summed E-state index contributed by atoms with van der Waals surface area (Å²) in [5.74, 6) is 0. The summed E-state index contributed by atoms with van der Waals surface area (Å²) in [6.45, 7) is 1.82. The standard InChI is InChI=1S/C9H17F3O2/c1-3-8(14-2)7(13)5-4-6-9(10,11)12/h7-8,13H,3-6H2,1-2H3. The van der Waals surface area contributed by atoms with Crippen LogP contribution in [0.2, 0.25) is 0 Å². The van der Waals surface area contributed by atoms with Crippen LogP contribution in [0.3, 0.4) is 0 Å². The highest BCUT2D eigenvalue weighted by molar-refractivity contribution is 4.67. The van der Waals surface area contributed by atoms with E-state index in [-0.39, 0.29) is 18.9 Å². The summed E-state index contributed by atoms with van der Waals surface area (Å²) in [5.41, 5.74) is 0. The van der Waals surface area contributed by atoms with E-state index in [2.05, 4.69) is 0 Å². The molecule has 0 rings (SSSR count). The van der Waals surface area contributed by atoms with Gasteiger partial charge in [-0.1, -0.05) is 6.92 Å². The lowest BCUT2D eigenvalue weighted by molar-refractivity contribution is -0.137. The van der Waals surface area contributed by atoms with E-state index in [0.717, 1.165) is 0 Å². The zero-order chi connectivity index (χ0) is 11.2. The van der Waals surface area contributed by atoms with Crippen LogP contribution in [0.15, 0.2) is 0 Å². The molecule has 5 heteroatoms. The summed E-state index contributed by atoms with van der Waals surface area (Å²) in [5, 5.41) is 9.41. The molecule has 0 fully saturated rings. The van der Waals surface area contributed by atoms with Crippen molar-refractivity contribution in [2.45, 2.75) is 51.0 Å². The van der Waals surface area contributed by atoms with E-state index in [1.807, 2.05) is 6.92 Å². The fraction of sp³-hybridized carbons (Fsp3) is 1.00. The number of hydrogen-bond donors (Lipinski definition) is 1. The molecule has 0 bridgehead atoms. The maximum atomic E-state index is 11.8. The van der Waals surface area contributed by atoms with Crippen LogP contribution in [0, 0.1) is 0 Å². The van der Waals surface area contributed by atoms with Crippen LogP contribution in [0.1, 0.15) is 32.6 Å². The first kappa shape index (κ1) is 13.7. The number of alkyl halides is 3. The Kier molecular flexibility index (Phi) is 6.11. The molecule has 1 N–H and O–H groups in total. The summed E-state index contributed by atoms with van der Waals surface area (Å²) >= 11 is 0. The van der Waals surface area contributed by atoms with E-state index < -0.39 is 18.7 Å². The van der Waals surface area contributed by atoms with Gasteiger partial charge >= 0.3 is 6.18 Å². The van der Waals surface area contributed by atoms with Crippen LogP contribution in [0.4, 0.5) is 13.2 Å². The van der Waals surface area contributed by atoms with Crippen molar-refractivity contribution in [2.24, 2.45) is 0 Å². The Morgan fingerprint density at radius 1 is 1.36 bits per heavy atom. The van der Waals surface area contributed by atoms with E-state index in [4.69, 9.17) is 4.74 Å². The maximum Gasteiger partial charge on any atom is 0.389 e. The zero-order valence-corrected chi connectivity index (χ0v) is 8.47. The van der Waals surface area contributed by atoms with Gasteiger partial charge in [0.2, 0.25) is 0 Å². The first-order valence-corrected chi connectivity index (χ1v) is 4.68. The molecule has 0 heterocycles. The summed E-state index contributed by atoms with van der Waals surface area (Å²) in [6.07, 6.45) is -5.45. The van der Waals surface area contributed by atoms with Crippen molar-refractivity contribution in [1.29, 1.82) is 0 Å². The van der Waals surface area contributed by atoms with E-state index in [9.17, 15) is 18.3 Å². The van der Waals surface area contributed by atoms with Gasteiger partial charge < -0.3 is 9.84 Å². The number of ether oxygens (including phenoxy) is 1. The molecule has 0 radical (unpaired) electrons. The van der Waals surface area contributed by atoms with Crippen molar-refractivity contribution in [1.82, 2.24) is 0 Å². The predicted octanol–water partition coefficient (Wildman–Crippen LogP) is 2.50. The minimum absolute atomic E-state index is 0.0511. The second-order valence-corrected chi connectivity index (χ2v) is 3.26. The van der Waals surface area contributed by atoms with Gasteiger partial charge in [-0.25, -0.2) is 0 Å². The van der Waals surface area contributed by atoms with Crippen molar-refractivity contribution in [3.05, 3.63) is 0 Å². The molecule has 0 aliphatic rings. The lowest BCUT2D eigenvalue weighted by atomic mass is 10.1. The molecule has 0 aliphatic carbocycles. The van der Waals surface area contributed by atoms with Crippen molar-refractivity contribution in [3.8, 4) is 0 Å². The molecule has 0 aromatic heterocycles. The number of hydrogen-bond acceptors (Lipinski definition) is 2. The van der Waals surface area contributed by atoms with Gasteiger partial charge in [-0.3, -0.25) is 0 Å². The number of methoxy groups -OCH3 is 1. The second kappa shape index (κ2) is 6.24. The lowest BCUT2D eigenvalue weighted by Gasteiger charge is -2.20. The first-order chi connectivity index (χ1) is 6.40. The average molecular weight is 214 g/mol. The summed E-state index contributed by atoms with van der Waals surface area (Å²) in [7, 11) is 1.45. The Hall–Kier alpha value is -0.290. The number of rotatable bonds is 6. The number of aliphatic hydroxyl groups excluding tert-OH is 1. The molecule has 0 spiro atoms. The SMILES string of the molecule is CCC(OC)C(O)CCCC(F)(F)F. The molecule has 14 heavy (non-hydrogen) atoms. The summed E-state index contributed by atoms with van der Waals surface area (Å²) in [4.78, 5) is 0. The quantitative estimate of drug-likeness (QED) is 0.736. The van der Waals surface area contributed by atoms with Gasteiger partial charge in [0.15, 0.2) is 0 Å². The Labute approximate surface area is 82.1 Å². The summed E-state index contributed by atoms with van der Waals surface area (Å²) in [6, 6.07) is 0. The van der Waals surface area contributed by atoms with E-state index in [0.29, 0.717) is 6.42 Å². The van der Waals surface area contributed by atoms with Crippen LogP contribution >= 0.6 is 0 Å². The molecule has 0 saturated heterocycles. The van der Waals surface area contributed by atoms with Crippen LogP contribution in [0.5, 0.6) is 0 Å². The number of aliphatic hydroxyl groups is 1. The van der Waals surface area contributed by atoms with Gasteiger partial charge in [-0.05, 0) is 19.3 Å². The predicted molar refractivity (Wildman–Crippen MR) is 47.0 cm³/mol. The Morgan fingerprint density at radius 3 is 2.29 bits per heavy atom. The van der Waals surface area contributed by atoms with Gasteiger partial charge in [0.05, 0.1) is 12.2 Å². The molecule has 2 unspecified atom stereocenters. The van der Waals surface area contributed by atoms with E-state index in [1.165, 1.54) is 7.11 Å². The van der Waals surface area contributed by atoms with E-state index >= 15 is 0 Å². The van der Waals surface area contributed by atoms with Crippen molar-refractivity contribution in [2.75, 3.05) is 7.11 Å². The molecule has 0 aliphatic heterocycles. The summed E-state index contributed by atoms with van der Waals surface area (Å²) < 4.78 is 40.2. The molecule has 2 nitrogen and oxygen atoms in total.